The van der Waals surface area contributed by atoms with Gasteiger partial charge in [0.25, 0.3) is 0 Å². The first kappa shape index (κ1) is 49.3. The molecule has 2 N–H and O–H groups in total. The monoisotopic (exact) mass is 889 g/mol. The fourth-order valence-electron chi connectivity index (χ4n) is 5.54. The number of unbranched alkanes of at least 4 members (excludes halogenated alkanes) is 6. The second kappa shape index (κ2) is 27.5. The predicted octanol–water partition coefficient (Wildman–Crippen LogP) is 9.88. The lowest BCUT2D eigenvalue weighted by molar-refractivity contribution is -0.138. The molecule has 0 spiro atoms. The average Bonchev–Trinajstić information content (AvgIpc) is 3.73. The van der Waals surface area contributed by atoms with E-state index in [1.165, 1.54) is 35.6 Å². The van der Waals surface area contributed by atoms with E-state index in [-0.39, 0.29) is 23.0 Å². The minimum absolute atomic E-state index is 0.141. The molecule has 1 heterocycles. The van der Waals surface area contributed by atoms with Gasteiger partial charge >= 0.3 is 23.9 Å². The Morgan fingerprint density at radius 3 is 1.59 bits per heavy atom. The van der Waals surface area contributed by atoms with Crippen LogP contribution in [0.4, 0.5) is 5.13 Å². The molecule has 4 aromatic carbocycles. The van der Waals surface area contributed by atoms with E-state index >= 15 is 0 Å². The molecular weight excluding hydrogens is 839 g/mol. The zero-order chi connectivity index (χ0) is 45.9. The van der Waals surface area contributed by atoms with Crippen LogP contribution in [-0.4, -0.2) is 67.4 Å². The number of thiazole rings is 1. The van der Waals surface area contributed by atoms with Crippen molar-refractivity contribution in [1.29, 1.82) is 5.41 Å². The first-order valence-corrected chi connectivity index (χ1v) is 21.4. The van der Waals surface area contributed by atoms with Crippen LogP contribution in [0.25, 0.3) is 10.2 Å². The van der Waals surface area contributed by atoms with Gasteiger partial charge in [-0.2, -0.15) is 0 Å². The Balaban J connectivity index is 0.000000538. The molecule has 0 saturated carbocycles. The molecule has 5 aromatic rings. The summed E-state index contributed by atoms with van der Waals surface area (Å²) in [6.45, 7) is 11.9. The van der Waals surface area contributed by atoms with Crippen molar-refractivity contribution >= 4 is 62.7 Å². The summed E-state index contributed by atoms with van der Waals surface area (Å²) in [7, 11) is 0. The van der Waals surface area contributed by atoms with Gasteiger partial charge in [-0.15, -0.1) is 0 Å². The van der Waals surface area contributed by atoms with Crippen molar-refractivity contribution < 1.29 is 52.4 Å². The van der Waals surface area contributed by atoms with Gasteiger partial charge in [-0.05, 0) is 136 Å². The van der Waals surface area contributed by atoms with Gasteiger partial charge < -0.3 is 33.8 Å². The van der Waals surface area contributed by atoms with E-state index in [2.05, 4.69) is 30.0 Å². The number of anilines is 1. The van der Waals surface area contributed by atoms with Crippen LogP contribution in [0.5, 0.6) is 23.0 Å². The summed E-state index contributed by atoms with van der Waals surface area (Å²) in [6, 6.07) is 25.3. The molecule has 5 rings (SSSR count). The van der Waals surface area contributed by atoms with Gasteiger partial charge in [0.05, 0.1) is 47.8 Å². The first-order valence-electron chi connectivity index (χ1n) is 20.5. The standard InChI is InChI=1S/C39H43NO10.C10H8N2OS/c1-3-36(41)47-25-11-7-5-9-23-45-32-17-13-29(14-18-32)38(43)49-34-21-22-35(31(27-34)28-40)50-39(44)30-15-19-33(20-16-30)46-24-10-6-8-12-26-48-37(42)4-2;1-2-9(13)12-10-11-7-5-3-4-6-8(7)14-10/h3-4,13-22,27-28,40H,1-2,5-12,23-26H2;2-6H,1H2,(H,11,12,13). The maximum absolute atomic E-state index is 12.8. The smallest absolute Gasteiger partial charge is 0.343 e. The number of nitrogens with one attached hydrogen (secondary N) is 2. The van der Waals surface area contributed by atoms with Crippen LogP contribution in [0, 0.1) is 5.41 Å². The number of aromatic nitrogens is 1. The zero-order valence-corrected chi connectivity index (χ0v) is 36.2. The normalized spacial score (nSPS) is 10.2. The lowest BCUT2D eigenvalue weighted by Crippen LogP contribution is -2.11. The Morgan fingerprint density at radius 2 is 1.09 bits per heavy atom. The van der Waals surface area contributed by atoms with E-state index in [0.717, 1.165) is 79.9 Å². The fourth-order valence-corrected chi connectivity index (χ4v) is 6.40. The van der Waals surface area contributed by atoms with Crippen LogP contribution in [0.3, 0.4) is 0 Å². The largest absolute Gasteiger partial charge is 0.494 e. The molecule has 0 aliphatic heterocycles. The van der Waals surface area contributed by atoms with Crippen LogP contribution in [-0.2, 0) is 23.9 Å². The quantitative estimate of drug-likeness (QED) is 0.0186. The Bertz CT molecular complexity index is 2330. The maximum atomic E-state index is 12.8. The maximum Gasteiger partial charge on any atom is 0.343 e. The summed E-state index contributed by atoms with van der Waals surface area (Å²) >= 11 is 1.45. The van der Waals surface area contributed by atoms with Crippen molar-refractivity contribution in [2.45, 2.75) is 51.4 Å². The number of rotatable bonds is 25. The van der Waals surface area contributed by atoms with E-state index in [1.54, 1.807) is 48.5 Å². The number of esters is 4. The Labute approximate surface area is 376 Å². The summed E-state index contributed by atoms with van der Waals surface area (Å²) < 4.78 is 33.4. The Morgan fingerprint density at radius 1 is 0.594 bits per heavy atom. The lowest BCUT2D eigenvalue weighted by atomic mass is 10.2. The number of carbonyl (C=O) groups excluding carboxylic acids is 5. The summed E-state index contributed by atoms with van der Waals surface area (Å²) in [6.07, 6.45) is 11.4. The first-order chi connectivity index (χ1) is 31.1. The lowest BCUT2D eigenvalue weighted by Gasteiger charge is -2.11. The number of ether oxygens (including phenoxy) is 6. The highest BCUT2D eigenvalue weighted by Crippen LogP contribution is 2.27. The minimum atomic E-state index is -0.615. The fraction of sp³-hybridized carbons (Fsp3) is 0.245. The van der Waals surface area contributed by atoms with Gasteiger partial charge in [0, 0.05) is 23.9 Å². The van der Waals surface area contributed by atoms with Crippen molar-refractivity contribution in [2.75, 3.05) is 31.7 Å². The number of hydrogen-bond donors (Lipinski definition) is 2. The Kier molecular flexibility index (Phi) is 21.2. The topological polar surface area (TPSA) is 189 Å². The van der Waals surface area contributed by atoms with Gasteiger partial charge in [0.1, 0.15) is 23.0 Å². The highest BCUT2D eigenvalue weighted by atomic mass is 32.1. The van der Waals surface area contributed by atoms with Gasteiger partial charge in [0.2, 0.25) is 5.91 Å². The van der Waals surface area contributed by atoms with Crippen LogP contribution in [0.1, 0.15) is 77.6 Å². The third-order valence-electron chi connectivity index (χ3n) is 8.88. The molecule has 0 saturated heterocycles. The molecule has 0 atom stereocenters. The molecule has 0 aliphatic carbocycles. The highest BCUT2D eigenvalue weighted by molar-refractivity contribution is 7.22. The highest BCUT2D eigenvalue weighted by Gasteiger charge is 2.15. The van der Waals surface area contributed by atoms with Crippen molar-refractivity contribution in [3.8, 4) is 23.0 Å². The van der Waals surface area contributed by atoms with Crippen LogP contribution < -0.4 is 24.3 Å². The second-order valence-electron chi connectivity index (χ2n) is 13.6. The van der Waals surface area contributed by atoms with Gasteiger partial charge in [-0.1, -0.05) is 43.2 Å². The van der Waals surface area contributed by atoms with E-state index in [4.69, 9.17) is 33.8 Å². The molecule has 0 radical (unpaired) electrons. The van der Waals surface area contributed by atoms with E-state index in [9.17, 15) is 24.0 Å². The third-order valence-corrected chi connectivity index (χ3v) is 9.83. The number of fused-ring (bicyclic) bond motifs is 1. The molecule has 0 unspecified atom stereocenters. The molecule has 334 valence electrons. The minimum Gasteiger partial charge on any atom is -0.494 e. The zero-order valence-electron chi connectivity index (χ0n) is 35.4. The third kappa shape index (κ3) is 17.5. The van der Waals surface area contributed by atoms with Crippen LogP contribution in [0.2, 0.25) is 0 Å². The van der Waals surface area contributed by atoms with Gasteiger partial charge in [0.15, 0.2) is 5.13 Å². The van der Waals surface area contributed by atoms with Crippen molar-refractivity contribution in [3.63, 3.8) is 0 Å². The molecule has 1 amide bonds. The average molecular weight is 890 g/mol. The van der Waals surface area contributed by atoms with Crippen molar-refractivity contribution in [1.82, 2.24) is 4.98 Å². The van der Waals surface area contributed by atoms with E-state index < -0.39 is 23.9 Å². The van der Waals surface area contributed by atoms with Gasteiger partial charge in [-0.25, -0.2) is 24.2 Å². The SMILES string of the molecule is C=CC(=O)Nc1nc2ccccc2s1.C=CC(=O)OCCCCCCOc1ccc(C(=O)Oc2ccc(OC(=O)c3ccc(OCCCCCCOC(=O)C=C)cc3)c(C=N)c2)cc1. The number of hydrogen-bond acceptors (Lipinski definition) is 14. The summed E-state index contributed by atoms with van der Waals surface area (Å²) in [5.74, 6) is -0.710. The number of benzene rings is 4. The van der Waals surface area contributed by atoms with Gasteiger partial charge in [-0.3, -0.25) is 10.1 Å². The van der Waals surface area contributed by atoms with Crippen molar-refractivity contribution in [2.24, 2.45) is 0 Å². The summed E-state index contributed by atoms with van der Waals surface area (Å²) in [5.41, 5.74) is 1.77. The second-order valence-corrected chi connectivity index (χ2v) is 14.7. The number of nitrogens with zero attached hydrogens (tertiary/aromatic N) is 1. The molecule has 14 nitrogen and oxygen atoms in total. The van der Waals surface area contributed by atoms with E-state index in [1.807, 2.05) is 24.3 Å². The molecule has 15 heteroatoms. The molecule has 1 aromatic heterocycles. The molecule has 0 bridgehead atoms. The number of carbonyl (C=O) groups is 5. The number of para-hydroxylation sites is 1. The molecule has 0 fully saturated rings. The summed E-state index contributed by atoms with van der Waals surface area (Å²) in [5, 5.41) is 11.0. The molecule has 64 heavy (non-hydrogen) atoms. The predicted molar refractivity (Wildman–Crippen MR) is 246 cm³/mol. The Hall–Kier alpha value is -7.39. The van der Waals surface area contributed by atoms with Crippen LogP contribution >= 0.6 is 11.3 Å². The number of amides is 1. The molecule has 0 aliphatic rings. The van der Waals surface area contributed by atoms with Crippen LogP contribution in [0.15, 0.2) is 129 Å². The molecular formula is C49H51N3O11S. The van der Waals surface area contributed by atoms with E-state index in [0.29, 0.717) is 54.2 Å². The van der Waals surface area contributed by atoms with Crippen molar-refractivity contribution in [3.05, 3.63) is 146 Å². The summed E-state index contributed by atoms with van der Waals surface area (Å²) in [4.78, 5) is 62.8.